The minimum Gasteiger partial charge on any atom is -0.477 e. The number of hydrogen-bond donors (Lipinski definition) is 2. The number of benzene rings is 2. The summed E-state index contributed by atoms with van der Waals surface area (Å²) in [6, 6.07) is 15.9. The molecule has 106 valence electrons. The van der Waals surface area contributed by atoms with E-state index >= 15 is 0 Å². The van der Waals surface area contributed by atoms with Crippen LogP contribution in [0.2, 0.25) is 0 Å². The molecule has 0 unspecified atom stereocenters. The fourth-order valence-electron chi connectivity index (χ4n) is 2.42. The molecule has 1 heterocycles. The molecule has 3 N–H and O–H groups in total. The topological polar surface area (TPSA) is 100 Å². The van der Waals surface area contributed by atoms with Crippen LogP contribution in [0.1, 0.15) is 16.1 Å². The number of pyridine rings is 1. The van der Waals surface area contributed by atoms with Crippen LogP contribution in [0.3, 0.4) is 0 Å². The van der Waals surface area contributed by atoms with Gasteiger partial charge in [0.1, 0.15) is 5.69 Å². The molecule has 3 aromatic rings. The molecule has 0 amide bonds. The maximum absolute atomic E-state index is 11.3. The van der Waals surface area contributed by atoms with Gasteiger partial charge in [0.25, 0.3) is 0 Å². The second-order valence-corrected chi connectivity index (χ2v) is 4.76. The van der Waals surface area contributed by atoms with Gasteiger partial charge in [-0.15, -0.1) is 0 Å². The third-order valence-electron chi connectivity index (χ3n) is 3.43. The number of rotatable bonds is 2. The predicted octanol–water partition coefficient (Wildman–Crippen LogP) is 3.05. The van der Waals surface area contributed by atoms with Crippen LogP contribution in [0, 0.1) is 11.3 Å². The number of carboxylic acid groups (broad SMARTS) is 1. The van der Waals surface area contributed by atoms with Crippen LogP contribution in [0.5, 0.6) is 0 Å². The van der Waals surface area contributed by atoms with Gasteiger partial charge < -0.3 is 10.8 Å². The summed E-state index contributed by atoms with van der Waals surface area (Å²) < 4.78 is 0. The Kier molecular flexibility index (Phi) is 3.20. The lowest BCUT2D eigenvalue weighted by atomic mass is 9.96. The number of carbonyl (C=O) groups is 1. The zero-order valence-corrected chi connectivity index (χ0v) is 11.4. The SMILES string of the molecule is N#Cc1ccccc1-c1cc(C(=O)O)nc2c(N)cccc12. The number of nitrogens with zero attached hydrogens (tertiary/aromatic N) is 2. The molecule has 3 rings (SSSR count). The predicted molar refractivity (Wildman–Crippen MR) is 83.3 cm³/mol. The molecule has 0 saturated heterocycles. The van der Waals surface area contributed by atoms with Gasteiger partial charge in [-0.3, -0.25) is 0 Å². The van der Waals surface area contributed by atoms with Crippen molar-refractivity contribution in [1.82, 2.24) is 4.98 Å². The van der Waals surface area contributed by atoms with Gasteiger partial charge in [-0.05, 0) is 23.8 Å². The highest BCUT2D eigenvalue weighted by atomic mass is 16.4. The van der Waals surface area contributed by atoms with Gasteiger partial charge in [-0.2, -0.15) is 5.26 Å². The van der Waals surface area contributed by atoms with Crippen molar-refractivity contribution in [1.29, 1.82) is 5.26 Å². The van der Waals surface area contributed by atoms with E-state index in [1.165, 1.54) is 6.07 Å². The van der Waals surface area contributed by atoms with E-state index in [0.29, 0.717) is 33.3 Å². The number of aromatic nitrogens is 1. The third-order valence-corrected chi connectivity index (χ3v) is 3.43. The lowest BCUT2D eigenvalue weighted by Crippen LogP contribution is -2.03. The second-order valence-electron chi connectivity index (χ2n) is 4.76. The number of para-hydroxylation sites is 1. The number of fused-ring (bicyclic) bond motifs is 1. The number of nitrogens with two attached hydrogens (primary N) is 1. The van der Waals surface area contributed by atoms with E-state index in [1.54, 1.807) is 36.4 Å². The fourth-order valence-corrected chi connectivity index (χ4v) is 2.42. The van der Waals surface area contributed by atoms with Crippen molar-refractivity contribution < 1.29 is 9.90 Å². The zero-order chi connectivity index (χ0) is 15.7. The zero-order valence-electron chi connectivity index (χ0n) is 11.4. The highest BCUT2D eigenvalue weighted by molar-refractivity contribution is 6.03. The summed E-state index contributed by atoms with van der Waals surface area (Å²) >= 11 is 0. The van der Waals surface area contributed by atoms with Crippen LogP contribution in [-0.4, -0.2) is 16.1 Å². The number of carboxylic acids is 1. The van der Waals surface area contributed by atoms with Crippen LogP contribution < -0.4 is 5.73 Å². The summed E-state index contributed by atoms with van der Waals surface area (Å²) in [5.74, 6) is -1.14. The Hall–Kier alpha value is -3.39. The molecule has 22 heavy (non-hydrogen) atoms. The van der Waals surface area contributed by atoms with Crippen molar-refractivity contribution in [2.24, 2.45) is 0 Å². The van der Waals surface area contributed by atoms with E-state index in [4.69, 9.17) is 5.73 Å². The van der Waals surface area contributed by atoms with E-state index in [9.17, 15) is 15.2 Å². The standard InChI is InChI=1S/C17H11N3O2/c18-9-10-4-1-2-5-11(10)13-8-15(17(21)22)20-16-12(13)6-3-7-14(16)19/h1-8H,19H2,(H,21,22). The Bertz CT molecular complexity index is 942. The van der Waals surface area contributed by atoms with Crippen molar-refractivity contribution in [3.8, 4) is 17.2 Å². The minimum absolute atomic E-state index is 0.104. The molecule has 5 nitrogen and oxygen atoms in total. The van der Waals surface area contributed by atoms with Crippen molar-refractivity contribution in [2.75, 3.05) is 5.73 Å². The van der Waals surface area contributed by atoms with Crippen molar-refractivity contribution >= 4 is 22.6 Å². The van der Waals surface area contributed by atoms with E-state index in [1.807, 2.05) is 6.07 Å². The van der Waals surface area contributed by atoms with Crippen molar-refractivity contribution in [2.45, 2.75) is 0 Å². The van der Waals surface area contributed by atoms with Gasteiger partial charge >= 0.3 is 5.97 Å². The molecule has 0 aliphatic rings. The molecule has 2 aromatic carbocycles. The summed E-state index contributed by atoms with van der Waals surface area (Å²) in [6.45, 7) is 0. The van der Waals surface area contributed by atoms with Crippen LogP contribution in [0.4, 0.5) is 5.69 Å². The fraction of sp³-hybridized carbons (Fsp3) is 0. The largest absolute Gasteiger partial charge is 0.477 e. The second kappa shape index (κ2) is 5.19. The maximum atomic E-state index is 11.3. The van der Waals surface area contributed by atoms with Gasteiger partial charge in [0.2, 0.25) is 0 Å². The molecule has 5 heteroatoms. The lowest BCUT2D eigenvalue weighted by Gasteiger charge is -2.11. The van der Waals surface area contributed by atoms with Gasteiger partial charge in [-0.1, -0.05) is 30.3 Å². The number of anilines is 1. The average molecular weight is 289 g/mol. The Morgan fingerprint density at radius 3 is 2.64 bits per heavy atom. The molecule has 0 bridgehead atoms. The Balaban J connectivity index is 2.45. The number of nitrogen functional groups attached to an aromatic ring is 1. The first-order chi connectivity index (χ1) is 10.6. The average Bonchev–Trinajstić information content (AvgIpc) is 2.54. The Morgan fingerprint density at radius 1 is 1.14 bits per heavy atom. The van der Waals surface area contributed by atoms with Crippen molar-refractivity contribution in [3.63, 3.8) is 0 Å². The van der Waals surface area contributed by atoms with E-state index in [-0.39, 0.29) is 5.69 Å². The Labute approximate surface area is 126 Å². The molecular weight excluding hydrogens is 278 g/mol. The highest BCUT2D eigenvalue weighted by Crippen LogP contribution is 2.32. The molecule has 0 atom stereocenters. The van der Waals surface area contributed by atoms with Gasteiger partial charge in [-0.25, -0.2) is 9.78 Å². The summed E-state index contributed by atoms with van der Waals surface area (Å²) in [7, 11) is 0. The van der Waals surface area contributed by atoms with E-state index in [2.05, 4.69) is 11.1 Å². The highest BCUT2D eigenvalue weighted by Gasteiger charge is 2.15. The first kappa shape index (κ1) is 13.6. The van der Waals surface area contributed by atoms with E-state index in [0.717, 1.165) is 0 Å². The number of hydrogen-bond acceptors (Lipinski definition) is 4. The first-order valence-corrected chi connectivity index (χ1v) is 6.54. The van der Waals surface area contributed by atoms with Crippen LogP contribution in [0.15, 0.2) is 48.5 Å². The smallest absolute Gasteiger partial charge is 0.354 e. The molecular formula is C17H11N3O2. The third kappa shape index (κ3) is 2.13. The number of nitriles is 1. The number of aromatic carboxylic acids is 1. The van der Waals surface area contributed by atoms with Crippen LogP contribution >= 0.6 is 0 Å². The maximum Gasteiger partial charge on any atom is 0.354 e. The summed E-state index contributed by atoms with van der Waals surface area (Å²) in [5.41, 5.74) is 8.40. The minimum atomic E-state index is -1.14. The Morgan fingerprint density at radius 2 is 1.91 bits per heavy atom. The van der Waals surface area contributed by atoms with Gasteiger partial charge in [0, 0.05) is 10.9 Å². The first-order valence-electron chi connectivity index (χ1n) is 6.54. The molecule has 0 spiro atoms. The summed E-state index contributed by atoms with van der Waals surface area (Å²) in [5, 5.41) is 19.3. The molecule has 0 saturated carbocycles. The van der Waals surface area contributed by atoms with E-state index < -0.39 is 5.97 Å². The summed E-state index contributed by atoms with van der Waals surface area (Å²) in [4.78, 5) is 15.4. The molecule has 0 aliphatic carbocycles. The van der Waals surface area contributed by atoms with Crippen molar-refractivity contribution in [3.05, 3.63) is 59.8 Å². The monoisotopic (exact) mass is 289 g/mol. The van der Waals surface area contributed by atoms with Gasteiger partial charge in [0.15, 0.2) is 0 Å². The molecule has 1 aromatic heterocycles. The lowest BCUT2D eigenvalue weighted by molar-refractivity contribution is 0.0691. The molecule has 0 fully saturated rings. The summed E-state index contributed by atoms with van der Waals surface area (Å²) in [6.07, 6.45) is 0. The molecule has 0 radical (unpaired) electrons. The van der Waals surface area contributed by atoms with Gasteiger partial charge in [0.05, 0.1) is 22.8 Å². The van der Waals surface area contributed by atoms with Crippen LogP contribution in [-0.2, 0) is 0 Å². The molecule has 0 aliphatic heterocycles. The normalized spacial score (nSPS) is 10.3. The quantitative estimate of drug-likeness (QED) is 0.706. The van der Waals surface area contributed by atoms with Crippen LogP contribution in [0.25, 0.3) is 22.0 Å².